The first kappa shape index (κ1) is 17.5. The number of halogens is 1. The van der Waals surface area contributed by atoms with E-state index in [1.165, 1.54) is 5.56 Å². The molecule has 0 aliphatic carbocycles. The zero-order valence-corrected chi connectivity index (χ0v) is 15.8. The average Bonchev–Trinajstić information content (AvgIpc) is 3.10. The first-order valence-electron chi connectivity index (χ1n) is 7.92. The van der Waals surface area contributed by atoms with Gasteiger partial charge in [-0.05, 0) is 60.0 Å². The quantitative estimate of drug-likeness (QED) is 0.794. The second-order valence-electron chi connectivity index (χ2n) is 6.02. The lowest BCUT2D eigenvalue weighted by atomic mass is 9.92. The molecule has 1 aliphatic heterocycles. The molecule has 2 unspecified atom stereocenters. The number of hydrogen-bond donors (Lipinski definition) is 1. The van der Waals surface area contributed by atoms with Crippen LogP contribution in [0, 0.1) is 5.92 Å². The molecular weight excluding hydrogens is 390 g/mol. The molecule has 1 aliphatic rings. The van der Waals surface area contributed by atoms with Crippen molar-refractivity contribution in [1.29, 1.82) is 0 Å². The van der Waals surface area contributed by atoms with E-state index in [0.29, 0.717) is 6.54 Å². The van der Waals surface area contributed by atoms with Crippen molar-refractivity contribution in [1.82, 2.24) is 4.90 Å². The summed E-state index contributed by atoms with van der Waals surface area (Å²) >= 11 is 5.21. The van der Waals surface area contributed by atoms with Crippen LogP contribution in [0.1, 0.15) is 30.0 Å². The first-order valence-corrected chi connectivity index (χ1v) is 9.66. The van der Waals surface area contributed by atoms with Crippen molar-refractivity contribution < 1.29 is 14.6 Å². The molecule has 0 bridgehead atoms. The van der Waals surface area contributed by atoms with E-state index in [1.54, 1.807) is 18.4 Å². The highest BCUT2D eigenvalue weighted by molar-refractivity contribution is 9.10. The van der Waals surface area contributed by atoms with Gasteiger partial charge in [0, 0.05) is 16.6 Å². The molecule has 1 fully saturated rings. The number of benzene rings is 1. The van der Waals surface area contributed by atoms with Crippen LogP contribution in [0.15, 0.2) is 39.5 Å². The molecule has 0 spiro atoms. The topological polar surface area (TPSA) is 49.8 Å². The van der Waals surface area contributed by atoms with Gasteiger partial charge in [-0.3, -0.25) is 9.69 Å². The van der Waals surface area contributed by atoms with Gasteiger partial charge in [0.15, 0.2) is 0 Å². The monoisotopic (exact) mass is 409 g/mol. The van der Waals surface area contributed by atoms with E-state index in [2.05, 4.69) is 43.7 Å². The Bertz CT molecular complexity index is 704. The molecule has 2 aromatic rings. The summed E-state index contributed by atoms with van der Waals surface area (Å²) in [7, 11) is 1.67. The second-order valence-corrected chi connectivity index (χ2v) is 7.71. The lowest BCUT2D eigenvalue weighted by molar-refractivity contribution is -0.143. The zero-order valence-electron chi connectivity index (χ0n) is 13.4. The predicted octanol–water partition coefficient (Wildman–Crippen LogP) is 4.41. The minimum Gasteiger partial charge on any atom is -0.496 e. The summed E-state index contributed by atoms with van der Waals surface area (Å²) in [6, 6.07) is 8.11. The Morgan fingerprint density at radius 3 is 2.96 bits per heavy atom. The number of nitrogens with zero attached hydrogens (tertiary/aromatic N) is 1. The maximum Gasteiger partial charge on any atom is 0.307 e. The molecule has 2 heterocycles. The molecule has 4 nitrogen and oxygen atoms in total. The van der Waals surface area contributed by atoms with Gasteiger partial charge in [-0.2, -0.15) is 11.3 Å². The van der Waals surface area contributed by atoms with Crippen LogP contribution >= 0.6 is 27.3 Å². The molecule has 2 atom stereocenters. The number of piperidine rings is 1. The minimum atomic E-state index is -0.704. The Morgan fingerprint density at radius 2 is 2.29 bits per heavy atom. The Labute approximate surface area is 154 Å². The van der Waals surface area contributed by atoms with Crippen molar-refractivity contribution in [3.63, 3.8) is 0 Å². The molecule has 24 heavy (non-hydrogen) atoms. The van der Waals surface area contributed by atoms with Crippen LogP contribution in [-0.4, -0.2) is 36.2 Å². The Balaban J connectivity index is 2.02. The van der Waals surface area contributed by atoms with E-state index in [4.69, 9.17) is 4.74 Å². The molecular formula is C18H20BrNO3S. The van der Waals surface area contributed by atoms with E-state index in [0.717, 1.165) is 35.2 Å². The fourth-order valence-corrected chi connectivity index (χ4v) is 4.44. The van der Waals surface area contributed by atoms with Crippen LogP contribution in [0.2, 0.25) is 0 Å². The number of thiophene rings is 1. The highest BCUT2D eigenvalue weighted by Gasteiger charge is 2.32. The normalized spacial score (nSPS) is 19.8. The standard InChI is InChI=1S/C18H20BrNO3S/c1-23-16-5-4-14(19)9-15(16)17(13-6-8-24-11-13)20-7-2-3-12(10-20)18(21)22/h4-6,8-9,11-12,17H,2-3,7,10H2,1H3,(H,21,22). The van der Waals surface area contributed by atoms with Gasteiger partial charge in [0.2, 0.25) is 0 Å². The van der Waals surface area contributed by atoms with Crippen LogP contribution in [0.4, 0.5) is 0 Å². The summed E-state index contributed by atoms with van der Waals surface area (Å²) in [5.41, 5.74) is 2.25. The minimum absolute atomic E-state index is 0.00542. The van der Waals surface area contributed by atoms with E-state index in [1.807, 2.05) is 12.1 Å². The number of ether oxygens (including phenoxy) is 1. The fourth-order valence-electron chi connectivity index (χ4n) is 3.38. The third kappa shape index (κ3) is 3.66. The summed E-state index contributed by atoms with van der Waals surface area (Å²) in [6.45, 7) is 1.45. The number of carbonyl (C=O) groups is 1. The maximum absolute atomic E-state index is 11.5. The fraction of sp³-hybridized carbons (Fsp3) is 0.389. The van der Waals surface area contributed by atoms with Crippen molar-refractivity contribution in [2.24, 2.45) is 5.92 Å². The van der Waals surface area contributed by atoms with Gasteiger partial charge >= 0.3 is 5.97 Å². The number of hydrogen-bond acceptors (Lipinski definition) is 4. The van der Waals surface area contributed by atoms with Gasteiger partial charge in [-0.25, -0.2) is 0 Å². The van der Waals surface area contributed by atoms with Crippen LogP contribution in [-0.2, 0) is 4.79 Å². The lowest BCUT2D eigenvalue weighted by Gasteiger charge is -2.37. The molecule has 1 aromatic carbocycles. The largest absolute Gasteiger partial charge is 0.496 e. The molecule has 6 heteroatoms. The number of methoxy groups -OCH3 is 1. The van der Waals surface area contributed by atoms with Crippen molar-refractivity contribution >= 4 is 33.2 Å². The summed E-state index contributed by atoms with van der Waals surface area (Å²) < 4.78 is 6.58. The number of rotatable bonds is 5. The summed E-state index contributed by atoms with van der Waals surface area (Å²) in [4.78, 5) is 13.7. The molecule has 1 N–H and O–H groups in total. The number of aliphatic carboxylic acids is 1. The van der Waals surface area contributed by atoms with Crippen molar-refractivity contribution in [2.45, 2.75) is 18.9 Å². The molecule has 1 saturated heterocycles. The van der Waals surface area contributed by atoms with Gasteiger partial charge in [0.05, 0.1) is 19.1 Å². The summed E-state index contributed by atoms with van der Waals surface area (Å²) in [5.74, 6) is -0.185. The molecule has 0 amide bonds. The first-order chi connectivity index (χ1) is 11.6. The third-order valence-corrected chi connectivity index (χ3v) is 5.71. The van der Waals surface area contributed by atoms with E-state index in [-0.39, 0.29) is 12.0 Å². The van der Waals surface area contributed by atoms with Gasteiger partial charge in [0.25, 0.3) is 0 Å². The van der Waals surface area contributed by atoms with Gasteiger partial charge in [0.1, 0.15) is 5.75 Å². The number of likely N-dealkylation sites (tertiary alicyclic amines) is 1. The van der Waals surface area contributed by atoms with E-state index < -0.39 is 5.97 Å². The molecule has 1 aromatic heterocycles. The molecule has 3 rings (SSSR count). The highest BCUT2D eigenvalue weighted by Crippen LogP contribution is 2.39. The van der Waals surface area contributed by atoms with Crippen molar-refractivity contribution in [3.05, 3.63) is 50.6 Å². The van der Waals surface area contributed by atoms with Crippen molar-refractivity contribution in [3.8, 4) is 5.75 Å². The Morgan fingerprint density at radius 1 is 1.46 bits per heavy atom. The molecule has 128 valence electrons. The van der Waals surface area contributed by atoms with Crippen LogP contribution in [0.5, 0.6) is 5.75 Å². The Kier molecular flexibility index (Phi) is 5.58. The number of carboxylic acids is 1. The summed E-state index contributed by atoms with van der Waals surface area (Å²) in [6.07, 6.45) is 1.64. The molecule has 0 saturated carbocycles. The van der Waals surface area contributed by atoms with Crippen molar-refractivity contribution in [2.75, 3.05) is 20.2 Å². The average molecular weight is 410 g/mol. The second kappa shape index (κ2) is 7.68. The van der Waals surface area contributed by atoms with E-state index in [9.17, 15) is 9.90 Å². The van der Waals surface area contributed by atoms with Gasteiger partial charge < -0.3 is 9.84 Å². The third-order valence-electron chi connectivity index (χ3n) is 4.51. The summed E-state index contributed by atoms with van der Waals surface area (Å²) in [5, 5.41) is 13.6. The number of carboxylic acid groups (broad SMARTS) is 1. The van der Waals surface area contributed by atoms with Crippen LogP contribution < -0.4 is 4.74 Å². The SMILES string of the molecule is COc1ccc(Br)cc1C(c1ccsc1)N1CCCC(C(=O)O)C1. The maximum atomic E-state index is 11.5. The lowest BCUT2D eigenvalue weighted by Crippen LogP contribution is -2.41. The molecule has 0 radical (unpaired) electrons. The zero-order chi connectivity index (χ0) is 17.1. The highest BCUT2D eigenvalue weighted by atomic mass is 79.9. The predicted molar refractivity (Wildman–Crippen MR) is 98.8 cm³/mol. The Hall–Kier alpha value is -1.37. The van der Waals surface area contributed by atoms with Crippen LogP contribution in [0.25, 0.3) is 0 Å². The smallest absolute Gasteiger partial charge is 0.307 e. The van der Waals surface area contributed by atoms with Gasteiger partial charge in [-0.15, -0.1) is 0 Å². The van der Waals surface area contributed by atoms with Crippen LogP contribution in [0.3, 0.4) is 0 Å². The van der Waals surface area contributed by atoms with E-state index >= 15 is 0 Å². The van der Waals surface area contributed by atoms with Gasteiger partial charge in [-0.1, -0.05) is 15.9 Å².